The van der Waals surface area contributed by atoms with E-state index >= 15 is 0 Å². The Morgan fingerprint density at radius 3 is 2.75 bits per heavy atom. The van der Waals surface area contributed by atoms with E-state index in [0.29, 0.717) is 15.7 Å². The minimum atomic E-state index is -2.41. The summed E-state index contributed by atoms with van der Waals surface area (Å²) >= 11 is 3.38. The monoisotopic (exact) mass is 410 g/mol. The number of hydrogen-bond acceptors (Lipinski definition) is 7. The second-order valence-electron chi connectivity index (χ2n) is 4.42. The highest BCUT2D eigenvalue weighted by atomic mass is 79.9. The van der Waals surface area contributed by atoms with Crippen LogP contribution in [0.25, 0.3) is 0 Å². The molecule has 0 saturated heterocycles. The number of phenols is 1. The Hall–Kier alpha value is -2.17. The van der Waals surface area contributed by atoms with Crippen LogP contribution in [0.3, 0.4) is 0 Å². The molecule has 0 spiro atoms. The number of phenolic OH excluding ortho intramolecular Hbond substituents is 1. The van der Waals surface area contributed by atoms with Gasteiger partial charge in [0.1, 0.15) is 18.0 Å². The molecule has 2 N–H and O–H groups in total. The van der Waals surface area contributed by atoms with Gasteiger partial charge in [-0.15, -0.1) is 9.70 Å². The van der Waals surface area contributed by atoms with Crippen molar-refractivity contribution in [1.29, 1.82) is 5.26 Å². The van der Waals surface area contributed by atoms with Crippen LogP contribution in [0.2, 0.25) is 0 Å². The lowest BCUT2D eigenvalue weighted by molar-refractivity contribution is 0.225. The zero-order chi connectivity index (χ0) is 17.5. The number of nitrogens with zero attached hydrogens (tertiary/aromatic N) is 2. The average Bonchev–Trinajstić information content (AvgIpc) is 2.56. The molecule has 0 heterocycles. The van der Waals surface area contributed by atoms with Crippen LogP contribution in [0.4, 0.5) is 11.4 Å². The SMILES string of the molecule is CCO[P+](=O)ON(Nc1ccc(C#N)cc1O)c1ccccc1Br. The van der Waals surface area contributed by atoms with Crippen molar-refractivity contribution in [2.45, 2.75) is 6.92 Å². The van der Waals surface area contributed by atoms with E-state index in [1.807, 2.05) is 12.1 Å². The van der Waals surface area contributed by atoms with E-state index in [9.17, 15) is 9.67 Å². The highest BCUT2D eigenvalue weighted by Gasteiger charge is 2.28. The Morgan fingerprint density at radius 2 is 2.12 bits per heavy atom. The lowest BCUT2D eigenvalue weighted by Crippen LogP contribution is -2.28. The molecule has 9 heteroatoms. The molecular formula is C15H14BrN3O4P+. The summed E-state index contributed by atoms with van der Waals surface area (Å²) in [4.78, 5) is 0. The number of aromatic hydroxyl groups is 1. The predicted molar refractivity (Wildman–Crippen MR) is 93.4 cm³/mol. The molecule has 0 fully saturated rings. The van der Waals surface area contributed by atoms with E-state index in [1.165, 1.54) is 18.2 Å². The number of rotatable bonds is 7. The van der Waals surface area contributed by atoms with Crippen LogP contribution in [-0.4, -0.2) is 11.7 Å². The second-order valence-corrected chi connectivity index (χ2v) is 6.15. The van der Waals surface area contributed by atoms with Gasteiger partial charge in [-0.1, -0.05) is 12.1 Å². The largest absolute Gasteiger partial charge is 0.723 e. The van der Waals surface area contributed by atoms with E-state index in [1.54, 1.807) is 25.1 Å². The van der Waals surface area contributed by atoms with E-state index in [2.05, 4.69) is 21.4 Å². The molecule has 0 aromatic heterocycles. The van der Waals surface area contributed by atoms with Gasteiger partial charge in [0.05, 0.1) is 17.3 Å². The minimum Gasteiger partial charge on any atom is -0.506 e. The molecule has 7 nitrogen and oxygen atoms in total. The van der Waals surface area contributed by atoms with Gasteiger partial charge in [0.15, 0.2) is 0 Å². The summed E-state index contributed by atoms with van der Waals surface area (Å²) in [5, 5.41) is 20.0. The van der Waals surface area contributed by atoms with Gasteiger partial charge >= 0.3 is 8.25 Å². The van der Waals surface area contributed by atoms with Crippen LogP contribution in [0, 0.1) is 11.3 Å². The van der Waals surface area contributed by atoms with Crippen molar-refractivity contribution in [3.8, 4) is 11.8 Å². The summed E-state index contributed by atoms with van der Waals surface area (Å²) in [6.07, 6.45) is 0. The zero-order valence-corrected chi connectivity index (χ0v) is 15.1. The Morgan fingerprint density at radius 1 is 1.38 bits per heavy atom. The molecule has 1 atom stereocenters. The number of anilines is 2. The van der Waals surface area contributed by atoms with E-state index in [4.69, 9.17) is 14.4 Å². The molecule has 0 bridgehead atoms. The van der Waals surface area contributed by atoms with Crippen LogP contribution >= 0.6 is 24.2 Å². The van der Waals surface area contributed by atoms with Gasteiger partial charge in [0.2, 0.25) is 0 Å². The van der Waals surface area contributed by atoms with Crippen LogP contribution in [-0.2, 0) is 13.7 Å². The average molecular weight is 411 g/mol. The molecule has 0 aliphatic rings. The molecule has 0 radical (unpaired) electrons. The number of hydrogen-bond donors (Lipinski definition) is 2. The molecule has 0 saturated carbocycles. The molecule has 0 aliphatic heterocycles. The van der Waals surface area contributed by atoms with Crippen molar-refractivity contribution in [3.63, 3.8) is 0 Å². The Bertz CT molecular complexity index is 782. The second kappa shape index (κ2) is 8.62. The maximum absolute atomic E-state index is 11.8. The van der Waals surface area contributed by atoms with Crippen molar-refractivity contribution < 1.29 is 18.8 Å². The Balaban J connectivity index is 2.31. The van der Waals surface area contributed by atoms with E-state index in [0.717, 1.165) is 5.17 Å². The third-order valence-corrected chi connectivity index (χ3v) is 4.24. The number of hydrazine groups is 1. The molecule has 124 valence electrons. The van der Waals surface area contributed by atoms with Gasteiger partial charge in [-0.25, -0.2) is 0 Å². The van der Waals surface area contributed by atoms with Crippen LogP contribution in [0.1, 0.15) is 12.5 Å². The molecule has 1 unspecified atom stereocenters. The van der Waals surface area contributed by atoms with Crippen LogP contribution in [0.15, 0.2) is 46.9 Å². The Kier molecular flexibility index (Phi) is 6.53. The van der Waals surface area contributed by atoms with Crippen molar-refractivity contribution >= 4 is 35.6 Å². The fraction of sp³-hybridized carbons (Fsp3) is 0.133. The summed E-state index contributed by atoms with van der Waals surface area (Å²) < 4.78 is 22.7. The van der Waals surface area contributed by atoms with Crippen molar-refractivity contribution in [3.05, 3.63) is 52.5 Å². The first-order chi connectivity index (χ1) is 11.5. The number of benzene rings is 2. The topological polar surface area (TPSA) is 94.8 Å². The zero-order valence-electron chi connectivity index (χ0n) is 12.6. The van der Waals surface area contributed by atoms with Gasteiger partial charge < -0.3 is 5.11 Å². The van der Waals surface area contributed by atoms with Crippen LogP contribution in [0.5, 0.6) is 5.75 Å². The fourth-order valence-corrected chi connectivity index (χ4v) is 2.71. The van der Waals surface area contributed by atoms with Gasteiger partial charge in [-0.05, 0) is 53.2 Å². The molecule has 0 amide bonds. The molecule has 2 rings (SSSR count). The first-order valence-electron chi connectivity index (χ1n) is 6.87. The third-order valence-electron chi connectivity index (χ3n) is 2.80. The van der Waals surface area contributed by atoms with Gasteiger partial charge in [-0.2, -0.15) is 5.26 Å². The van der Waals surface area contributed by atoms with Crippen molar-refractivity contribution in [1.82, 2.24) is 0 Å². The maximum Gasteiger partial charge on any atom is 0.723 e. The third kappa shape index (κ3) is 4.66. The maximum atomic E-state index is 11.8. The van der Waals surface area contributed by atoms with E-state index in [-0.39, 0.29) is 18.0 Å². The number of nitrogens with one attached hydrogen (secondary N) is 1. The lowest BCUT2D eigenvalue weighted by atomic mass is 10.2. The molecule has 2 aromatic rings. The molecule has 2 aromatic carbocycles. The summed E-state index contributed by atoms with van der Waals surface area (Å²) in [6.45, 7) is 1.92. The Labute approximate surface area is 148 Å². The summed E-state index contributed by atoms with van der Waals surface area (Å²) in [5.74, 6) is -0.152. The van der Waals surface area contributed by atoms with Gasteiger partial charge in [0, 0.05) is 13.7 Å². The summed E-state index contributed by atoms with van der Waals surface area (Å²) in [5.41, 5.74) is 3.90. The molecule has 24 heavy (non-hydrogen) atoms. The fourth-order valence-electron chi connectivity index (χ4n) is 1.74. The number of halogens is 1. The normalized spacial score (nSPS) is 10.8. The van der Waals surface area contributed by atoms with Crippen molar-refractivity contribution in [2.75, 3.05) is 17.2 Å². The summed E-state index contributed by atoms with van der Waals surface area (Å²) in [6, 6.07) is 13.4. The summed E-state index contributed by atoms with van der Waals surface area (Å²) in [7, 11) is -2.41. The van der Waals surface area contributed by atoms with Gasteiger partial charge in [-0.3, -0.25) is 5.43 Å². The van der Waals surface area contributed by atoms with E-state index < -0.39 is 8.25 Å². The first-order valence-corrected chi connectivity index (χ1v) is 8.76. The predicted octanol–water partition coefficient (Wildman–Crippen LogP) is 4.49. The standard InChI is InChI=1S/C15H13BrN3O4P/c1-2-22-24(21)23-19(14-6-4-3-5-12(14)16)18-13-8-7-11(10-17)9-15(13)20/h3-9,18H,2H2,1H3/p+1. The highest BCUT2D eigenvalue weighted by molar-refractivity contribution is 9.10. The number of nitriles is 1. The highest BCUT2D eigenvalue weighted by Crippen LogP contribution is 2.34. The minimum absolute atomic E-state index is 0.152. The first kappa shape index (κ1) is 18.2. The van der Waals surface area contributed by atoms with Crippen LogP contribution < -0.4 is 10.6 Å². The number of para-hydroxylation sites is 1. The smallest absolute Gasteiger partial charge is 0.506 e. The molecular weight excluding hydrogens is 397 g/mol. The quantitative estimate of drug-likeness (QED) is 0.394. The lowest BCUT2D eigenvalue weighted by Gasteiger charge is -2.20. The molecule has 0 aliphatic carbocycles. The van der Waals surface area contributed by atoms with Gasteiger partial charge in [0.25, 0.3) is 0 Å². The van der Waals surface area contributed by atoms with Crippen molar-refractivity contribution in [2.24, 2.45) is 0 Å².